The first-order valence-electron chi connectivity index (χ1n) is 4.88. The van der Waals surface area contributed by atoms with Crippen molar-refractivity contribution in [3.05, 3.63) is 29.8 Å². The van der Waals surface area contributed by atoms with E-state index in [4.69, 9.17) is 11.5 Å². The normalized spacial score (nSPS) is 11.7. The van der Waals surface area contributed by atoms with E-state index < -0.39 is 0 Å². The van der Waals surface area contributed by atoms with E-state index in [-0.39, 0.29) is 0 Å². The molecule has 4 heteroatoms. The zero-order chi connectivity index (χ0) is 11.1. The molecule has 0 amide bonds. The topological polar surface area (TPSA) is 64.4 Å². The minimum atomic E-state index is 0.634. The summed E-state index contributed by atoms with van der Waals surface area (Å²) in [7, 11) is 0. The molecule has 0 fully saturated rings. The molecule has 15 heavy (non-hydrogen) atoms. The van der Waals surface area contributed by atoms with Gasteiger partial charge in [0.25, 0.3) is 0 Å². The minimum Gasteiger partial charge on any atom is -0.386 e. The van der Waals surface area contributed by atoms with Crippen LogP contribution in [0.3, 0.4) is 0 Å². The molecule has 1 aromatic rings. The second-order valence-corrected chi connectivity index (χ2v) is 4.07. The maximum Gasteiger partial charge on any atom is 0.110 e. The van der Waals surface area contributed by atoms with Gasteiger partial charge >= 0.3 is 0 Å². The summed E-state index contributed by atoms with van der Waals surface area (Å²) >= 11 is 1.67. The molecule has 0 spiro atoms. The Bertz CT molecular complexity index is 336. The molecular weight excluding hydrogens is 206 g/mol. The second kappa shape index (κ2) is 6.48. The van der Waals surface area contributed by atoms with E-state index in [2.05, 4.69) is 4.99 Å². The van der Waals surface area contributed by atoms with Crippen molar-refractivity contribution in [1.82, 2.24) is 0 Å². The van der Waals surface area contributed by atoms with Crippen LogP contribution >= 0.6 is 11.8 Å². The van der Waals surface area contributed by atoms with Crippen LogP contribution in [0.5, 0.6) is 0 Å². The molecule has 0 saturated carbocycles. The Hall–Kier alpha value is -1.00. The van der Waals surface area contributed by atoms with Crippen molar-refractivity contribution in [2.45, 2.75) is 6.42 Å². The number of para-hydroxylation sites is 1. The van der Waals surface area contributed by atoms with Gasteiger partial charge in [-0.2, -0.15) is 11.8 Å². The van der Waals surface area contributed by atoms with Crippen LogP contribution in [0, 0.1) is 0 Å². The van der Waals surface area contributed by atoms with E-state index in [9.17, 15) is 0 Å². The molecule has 0 saturated heterocycles. The number of hydrogen-bond acceptors (Lipinski definition) is 3. The Balaban J connectivity index is 2.87. The molecule has 0 unspecified atom stereocenters. The molecule has 0 bridgehead atoms. The summed E-state index contributed by atoms with van der Waals surface area (Å²) in [5.41, 5.74) is 13.4. The van der Waals surface area contributed by atoms with Crippen LogP contribution in [-0.4, -0.2) is 24.4 Å². The van der Waals surface area contributed by atoms with Crippen LogP contribution in [0.15, 0.2) is 29.3 Å². The number of nitrogens with two attached hydrogens (primary N) is 2. The Morgan fingerprint density at radius 2 is 2.13 bits per heavy atom. The Morgan fingerprint density at radius 3 is 2.80 bits per heavy atom. The van der Waals surface area contributed by atoms with Gasteiger partial charge in [0.15, 0.2) is 0 Å². The number of thioether (sulfide) groups is 1. The third kappa shape index (κ3) is 3.93. The van der Waals surface area contributed by atoms with Gasteiger partial charge in [-0.05, 0) is 30.9 Å². The second-order valence-electron chi connectivity index (χ2n) is 3.20. The van der Waals surface area contributed by atoms with Crippen molar-refractivity contribution in [1.29, 1.82) is 0 Å². The molecule has 0 radical (unpaired) electrons. The highest BCUT2D eigenvalue weighted by Crippen LogP contribution is 2.18. The molecular formula is C11H17N3S. The fraction of sp³-hybridized carbons (Fsp3) is 0.364. The fourth-order valence-corrected chi connectivity index (χ4v) is 1.68. The summed E-state index contributed by atoms with van der Waals surface area (Å²) in [4.78, 5) is 4.39. The average Bonchev–Trinajstić information content (AvgIpc) is 2.21. The van der Waals surface area contributed by atoms with Crippen LogP contribution in [0.2, 0.25) is 0 Å². The van der Waals surface area contributed by atoms with Crippen LogP contribution < -0.4 is 11.5 Å². The lowest BCUT2D eigenvalue weighted by atomic mass is 10.1. The minimum absolute atomic E-state index is 0.634. The summed E-state index contributed by atoms with van der Waals surface area (Å²) in [6.07, 6.45) is 2.85. The SMILES string of the molecule is CSCC(N)=Nc1ccccc1CCN. The lowest BCUT2D eigenvalue weighted by Crippen LogP contribution is -2.14. The van der Waals surface area contributed by atoms with Gasteiger partial charge in [-0.1, -0.05) is 18.2 Å². The van der Waals surface area contributed by atoms with Gasteiger partial charge in [-0.3, -0.25) is 0 Å². The molecule has 0 aliphatic rings. The van der Waals surface area contributed by atoms with Crippen molar-refractivity contribution < 1.29 is 0 Å². The van der Waals surface area contributed by atoms with Gasteiger partial charge in [-0.25, -0.2) is 4.99 Å². The van der Waals surface area contributed by atoms with E-state index >= 15 is 0 Å². The van der Waals surface area contributed by atoms with Crippen LogP contribution in [0.1, 0.15) is 5.56 Å². The van der Waals surface area contributed by atoms with Gasteiger partial charge in [0.1, 0.15) is 5.84 Å². The maximum atomic E-state index is 5.78. The smallest absolute Gasteiger partial charge is 0.110 e. The maximum absolute atomic E-state index is 5.78. The van der Waals surface area contributed by atoms with E-state index in [1.807, 2.05) is 30.5 Å². The van der Waals surface area contributed by atoms with Crippen molar-refractivity contribution in [3.63, 3.8) is 0 Å². The van der Waals surface area contributed by atoms with E-state index in [0.29, 0.717) is 12.4 Å². The summed E-state index contributed by atoms with van der Waals surface area (Å²) in [6.45, 7) is 0.634. The number of amidine groups is 1. The zero-order valence-electron chi connectivity index (χ0n) is 8.94. The van der Waals surface area contributed by atoms with Crippen LogP contribution in [0.25, 0.3) is 0 Å². The van der Waals surface area contributed by atoms with Gasteiger partial charge in [0.05, 0.1) is 11.4 Å². The third-order valence-corrected chi connectivity index (χ3v) is 2.55. The van der Waals surface area contributed by atoms with Crippen molar-refractivity contribution in [2.75, 3.05) is 18.6 Å². The number of benzene rings is 1. The largest absolute Gasteiger partial charge is 0.386 e. The van der Waals surface area contributed by atoms with Crippen molar-refractivity contribution in [3.8, 4) is 0 Å². The van der Waals surface area contributed by atoms with Gasteiger partial charge in [0.2, 0.25) is 0 Å². The molecule has 0 aromatic heterocycles. The molecule has 0 aliphatic carbocycles. The molecule has 1 aromatic carbocycles. The first-order valence-corrected chi connectivity index (χ1v) is 6.27. The van der Waals surface area contributed by atoms with E-state index in [1.54, 1.807) is 11.8 Å². The number of rotatable bonds is 5. The van der Waals surface area contributed by atoms with E-state index in [1.165, 1.54) is 0 Å². The van der Waals surface area contributed by atoms with Crippen molar-refractivity contribution >= 4 is 23.3 Å². The molecule has 3 nitrogen and oxygen atoms in total. The quantitative estimate of drug-likeness (QED) is 0.588. The molecule has 0 aliphatic heterocycles. The molecule has 4 N–H and O–H groups in total. The Kier molecular flexibility index (Phi) is 5.21. The lowest BCUT2D eigenvalue weighted by molar-refractivity contribution is 0.968. The average molecular weight is 223 g/mol. The highest BCUT2D eigenvalue weighted by atomic mass is 32.2. The first kappa shape index (κ1) is 12.1. The third-order valence-electron chi connectivity index (χ3n) is 1.96. The highest BCUT2D eigenvalue weighted by molar-refractivity contribution is 7.99. The highest BCUT2D eigenvalue weighted by Gasteiger charge is 2.00. The Morgan fingerprint density at radius 1 is 1.40 bits per heavy atom. The Labute approximate surface area is 95.0 Å². The summed E-state index contributed by atoms with van der Waals surface area (Å²) in [5, 5.41) is 0. The van der Waals surface area contributed by atoms with Gasteiger partial charge < -0.3 is 11.5 Å². The standard InChI is InChI=1S/C11H17N3S/c1-15-8-11(13)14-10-5-3-2-4-9(10)6-7-12/h2-5H,6-8,12H2,1H3,(H2,13,14). The molecule has 0 atom stereocenters. The van der Waals surface area contributed by atoms with Crippen LogP contribution in [-0.2, 0) is 6.42 Å². The van der Waals surface area contributed by atoms with Gasteiger partial charge in [0, 0.05) is 0 Å². The zero-order valence-corrected chi connectivity index (χ0v) is 9.76. The molecule has 82 valence electrons. The van der Waals surface area contributed by atoms with Crippen LogP contribution in [0.4, 0.5) is 5.69 Å². The summed E-state index contributed by atoms with van der Waals surface area (Å²) < 4.78 is 0. The number of nitrogens with zero attached hydrogens (tertiary/aromatic N) is 1. The lowest BCUT2D eigenvalue weighted by Gasteiger charge is -2.04. The predicted octanol–water partition coefficient (Wildman–Crippen LogP) is 1.54. The predicted molar refractivity (Wildman–Crippen MR) is 68.9 cm³/mol. The number of aliphatic imine (C=N–C) groups is 1. The molecule has 0 heterocycles. The first-order chi connectivity index (χ1) is 7.27. The van der Waals surface area contributed by atoms with Gasteiger partial charge in [-0.15, -0.1) is 0 Å². The monoisotopic (exact) mass is 223 g/mol. The summed E-state index contributed by atoms with van der Waals surface area (Å²) in [5.74, 6) is 1.42. The van der Waals surface area contributed by atoms with E-state index in [0.717, 1.165) is 23.4 Å². The fourth-order valence-electron chi connectivity index (χ4n) is 1.32. The number of hydrogen-bond donors (Lipinski definition) is 2. The molecule has 1 rings (SSSR count). The summed E-state index contributed by atoms with van der Waals surface area (Å²) in [6, 6.07) is 7.97. The van der Waals surface area contributed by atoms with Crippen molar-refractivity contribution in [2.24, 2.45) is 16.5 Å².